The zero-order valence-electron chi connectivity index (χ0n) is 11.9. The van der Waals surface area contributed by atoms with Crippen LogP contribution in [0.3, 0.4) is 0 Å². The third-order valence-corrected chi connectivity index (χ3v) is 4.24. The molecule has 1 saturated carbocycles. The number of benzene rings is 1. The predicted octanol–water partition coefficient (Wildman–Crippen LogP) is 1.88. The van der Waals surface area contributed by atoms with Gasteiger partial charge in [-0.05, 0) is 42.7 Å². The van der Waals surface area contributed by atoms with Gasteiger partial charge in [-0.2, -0.15) is 0 Å². The summed E-state index contributed by atoms with van der Waals surface area (Å²) in [5, 5.41) is 6.15. The van der Waals surface area contributed by atoms with Crippen LogP contribution in [0.2, 0.25) is 0 Å². The van der Waals surface area contributed by atoms with E-state index in [-0.39, 0.29) is 18.1 Å². The Kier molecular flexibility index (Phi) is 3.92. The number of carbonyl (C=O) groups excluding carboxylic acids is 1. The van der Waals surface area contributed by atoms with Gasteiger partial charge in [-0.25, -0.2) is 4.79 Å². The van der Waals surface area contributed by atoms with E-state index in [0.29, 0.717) is 12.5 Å². The lowest BCUT2D eigenvalue weighted by molar-refractivity contribution is 0.157. The minimum absolute atomic E-state index is 0.0586. The van der Waals surface area contributed by atoms with Gasteiger partial charge in [0.1, 0.15) is 0 Å². The molecule has 0 aliphatic heterocycles. The van der Waals surface area contributed by atoms with E-state index in [2.05, 4.69) is 34.9 Å². The molecule has 20 heavy (non-hydrogen) atoms. The van der Waals surface area contributed by atoms with Crippen molar-refractivity contribution in [2.45, 2.75) is 37.8 Å². The Morgan fingerprint density at radius 1 is 1.30 bits per heavy atom. The quantitative estimate of drug-likeness (QED) is 0.861. The molecule has 1 atom stereocenters. The molecule has 2 amide bonds. The van der Waals surface area contributed by atoms with Gasteiger partial charge >= 0.3 is 6.03 Å². The topological polar surface area (TPSA) is 50.4 Å². The Morgan fingerprint density at radius 3 is 2.50 bits per heavy atom. The highest BCUT2D eigenvalue weighted by molar-refractivity contribution is 5.75. The fourth-order valence-electron chi connectivity index (χ4n) is 3.03. The van der Waals surface area contributed by atoms with E-state index in [1.165, 1.54) is 24.0 Å². The molecule has 2 N–H and O–H groups in total. The van der Waals surface area contributed by atoms with Crippen molar-refractivity contribution in [3.8, 4) is 0 Å². The minimum atomic E-state index is -0.0586. The van der Waals surface area contributed by atoms with E-state index in [9.17, 15) is 4.79 Å². The van der Waals surface area contributed by atoms with Crippen LogP contribution in [0.25, 0.3) is 0 Å². The van der Waals surface area contributed by atoms with E-state index in [1.54, 1.807) is 7.11 Å². The van der Waals surface area contributed by atoms with Gasteiger partial charge in [0.15, 0.2) is 0 Å². The molecule has 1 unspecified atom stereocenters. The summed E-state index contributed by atoms with van der Waals surface area (Å²) < 4.78 is 5.18. The van der Waals surface area contributed by atoms with Gasteiger partial charge in [0.05, 0.1) is 12.6 Å². The molecular weight excluding hydrogens is 252 g/mol. The highest BCUT2D eigenvalue weighted by Crippen LogP contribution is 2.32. The fraction of sp³-hybridized carbons (Fsp3) is 0.562. The molecule has 0 heterocycles. The summed E-state index contributed by atoms with van der Waals surface area (Å²) in [5.74, 6) is 0.599. The van der Waals surface area contributed by atoms with Crippen molar-refractivity contribution in [3.63, 3.8) is 0 Å². The normalized spacial score (nSPS) is 19.4. The molecule has 4 nitrogen and oxygen atoms in total. The average molecular weight is 274 g/mol. The zero-order chi connectivity index (χ0) is 13.9. The Hall–Kier alpha value is -1.55. The summed E-state index contributed by atoms with van der Waals surface area (Å²) in [4.78, 5) is 12.1. The highest BCUT2D eigenvalue weighted by atomic mass is 16.5. The number of nitrogens with one attached hydrogen (secondary N) is 2. The molecule has 2 aliphatic rings. The molecule has 0 bridgehead atoms. The van der Waals surface area contributed by atoms with E-state index < -0.39 is 0 Å². The molecule has 4 heteroatoms. The average Bonchev–Trinajstić information content (AvgIpc) is 3.19. The van der Waals surface area contributed by atoms with Gasteiger partial charge in [0, 0.05) is 13.2 Å². The number of carbonyl (C=O) groups is 1. The summed E-state index contributed by atoms with van der Waals surface area (Å²) in [7, 11) is 1.68. The van der Waals surface area contributed by atoms with Crippen molar-refractivity contribution >= 4 is 6.03 Å². The van der Waals surface area contributed by atoms with Crippen molar-refractivity contribution in [1.82, 2.24) is 10.6 Å². The Morgan fingerprint density at radius 2 is 1.95 bits per heavy atom. The summed E-state index contributed by atoms with van der Waals surface area (Å²) in [5.41, 5.74) is 2.71. The molecule has 0 radical (unpaired) electrons. The number of hydrogen-bond donors (Lipinski definition) is 2. The molecule has 0 saturated heterocycles. The molecular formula is C16H22N2O2. The largest absolute Gasteiger partial charge is 0.383 e. The Balaban J connectivity index is 1.50. The van der Waals surface area contributed by atoms with Crippen molar-refractivity contribution < 1.29 is 9.53 Å². The molecule has 0 aromatic heterocycles. The second-order valence-electron chi connectivity index (χ2n) is 5.89. The van der Waals surface area contributed by atoms with Crippen molar-refractivity contribution in [2.24, 2.45) is 5.92 Å². The number of hydrogen-bond acceptors (Lipinski definition) is 2. The molecule has 0 spiro atoms. The number of amides is 2. The first-order valence-electron chi connectivity index (χ1n) is 7.39. The van der Waals surface area contributed by atoms with Crippen LogP contribution in [0.5, 0.6) is 0 Å². The number of rotatable bonds is 5. The summed E-state index contributed by atoms with van der Waals surface area (Å²) in [6.07, 6.45) is 4.26. The lowest BCUT2D eigenvalue weighted by atomic mass is 10.1. The number of methoxy groups -OCH3 is 1. The first-order chi connectivity index (χ1) is 9.76. The fourth-order valence-corrected chi connectivity index (χ4v) is 3.03. The van der Waals surface area contributed by atoms with Crippen LogP contribution in [0.1, 0.15) is 24.0 Å². The van der Waals surface area contributed by atoms with E-state index in [1.807, 2.05) is 0 Å². The van der Waals surface area contributed by atoms with E-state index in [0.717, 1.165) is 12.8 Å². The zero-order valence-corrected chi connectivity index (χ0v) is 11.9. The SMILES string of the molecule is COCC(NC(=O)NC1Cc2ccccc2C1)C1CC1. The maximum absolute atomic E-state index is 12.1. The third-order valence-electron chi connectivity index (χ3n) is 4.24. The Labute approximate surface area is 119 Å². The van der Waals surface area contributed by atoms with Gasteiger partial charge < -0.3 is 15.4 Å². The second kappa shape index (κ2) is 5.83. The number of urea groups is 1. The van der Waals surface area contributed by atoms with Crippen LogP contribution in [-0.4, -0.2) is 31.8 Å². The van der Waals surface area contributed by atoms with Crippen LogP contribution >= 0.6 is 0 Å². The van der Waals surface area contributed by atoms with Gasteiger partial charge in [-0.1, -0.05) is 24.3 Å². The van der Waals surface area contributed by atoms with E-state index in [4.69, 9.17) is 4.74 Å². The molecule has 1 fully saturated rings. The van der Waals surface area contributed by atoms with Crippen LogP contribution in [0, 0.1) is 5.92 Å². The first kappa shape index (κ1) is 13.4. The monoisotopic (exact) mass is 274 g/mol. The van der Waals surface area contributed by atoms with Crippen LogP contribution in [0.15, 0.2) is 24.3 Å². The van der Waals surface area contributed by atoms with E-state index >= 15 is 0 Å². The van der Waals surface area contributed by atoms with Gasteiger partial charge in [-0.3, -0.25) is 0 Å². The summed E-state index contributed by atoms with van der Waals surface area (Å²) >= 11 is 0. The lowest BCUT2D eigenvalue weighted by Crippen LogP contribution is -2.48. The standard InChI is InChI=1S/C16H22N2O2/c1-20-10-15(11-6-7-11)18-16(19)17-14-8-12-4-2-3-5-13(12)9-14/h2-5,11,14-15H,6-10H2,1H3,(H2,17,18,19). The van der Waals surface area contributed by atoms with Crippen LogP contribution in [-0.2, 0) is 17.6 Å². The smallest absolute Gasteiger partial charge is 0.315 e. The molecule has 1 aromatic carbocycles. The lowest BCUT2D eigenvalue weighted by Gasteiger charge is -2.20. The summed E-state index contributed by atoms with van der Waals surface area (Å²) in [6.45, 7) is 0.600. The Bertz CT molecular complexity index is 460. The summed E-state index contributed by atoms with van der Waals surface area (Å²) in [6, 6.07) is 8.72. The third kappa shape index (κ3) is 3.12. The van der Waals surface area contributed by atoms with Crippen molar-refractivity contribution in [2.75, 3.05) is 13.7 Å². The molecule has 3 rings (SSSR count). The van der Waals surface area contributed by atoms with Crippen molar-refractivity contribution in [3.05, 3.63) is 35.4 Å². The molecule has 2 aliphatic carbocycles. The minimum Gasteiger partial charge on any atom is -0.383 e. The number of ether oxygens (including phenoxy) is 1. The predicted molar refractivity (Wildman–Crippen MR) is 77.7 cm³/mol. The van der Waals surface area contributed by atoms with Gasteiger partial charge in [-0.15, -0.1) is 0 Å². The maximum atomic E-state index is 12.1. The van der Waals surface area contributed by atoms with Gasteiger partial charge in [0.2, 0.25) is 0 Å². The second-order valence-corrected chi connectivity index (χ2v) is 5.89. The van der Waals surface area contributed by atoms with Crippen LogP contribution in [0.4, 0.5) is 4.79 Å². The molecule has 108 valence electrons. The first-order valence-corrected chi connectivity index (χ1v) is 7.39. The van der Waals surface area contributed by atoms with Crippen molar-refractivity contribution in [1.29, 1.82) is 0 Å². The van der Waals surface area contributed by atoms with Crippen LogP contribution < -0.4 is 10.6 Å². The number of fused-ring (bicyclic) bond motifs is 1. The highest BCUT2D eigenvalue weighted by Gasteiger charge is 2.32. The molecule has 1 aromatic rings. The van der Waals surface area contributed by atoms with Gasteiger partial charge in [0.25, 0.3) is 0 Å². The maximum Gasteiger partial charge on any atom is 0.315 e.